The van der Waals surface area contributed by atoms with Crippen LogP contribution in [-0.2, 0) is 11.3 Å². The van der Waals surface area contributed by atoms with Crippen LogP contribution in [-0.4, -0.2) is 28.7 Å². The molecule has 4 nitrogen and oxygen atoms in total. The number of rotatable bonds is 7. The zero-order valence-corrected chi connectivity index (χ0v) is 10.1. The molecule has 2 rings (SSSR count). The van der Waals surface area contributed by atoms with Crippen molar-refractivity contribution in [3.8, 4) is 0 Å². The lowest BCUT2D eigenvalue weighted by Gasteiger charge is -2.09. The van der Waals surface area contributed by atoms with Crippen molar-refractivity contribution in [2.45, 2.75) is 45.4 Å². The molecule has 1 heterocycles. The zero-order valence-electron chi connectivity index (χ0n) is 10.1. The highest BCUT2D eigenvalue weighted by molar-refractivity contribution is 5.02. The van der Waals surface area contributed by atoms with Gasteiger partial charge in [-0.25, -0.2) is 4.98 Å². The van der Waals surface area contributed by atoms with Gasteiger partial charge < -0.3 is 14.6 Å². The Kier molecular flexibility index (Phi) is 3.96. The van der Waals surface area contributed by atoms with Crippen LogP contribution in [0.15, 0.2) is 12.5 Å². The molecule has 0 bridgehead atoms. The van der Waals surface area contributed by atoms with Gasteiger partial charge in [-0.1, -0.05) is 13.8 Å². The van der Waals surface area contributed by atoms with Gasteiger partial charge in [0.25, 0.3) is 0 Å². The van der Waals surface area contributed by atoms with E-state index in [-0.39, 0.29) is 0 Å². The van der Waals surface area contributed by atoms with Crippen LogP contribution in [0.2, 0.25) is 0 Å². The molecular formula is C12H21N3O. The van der Waals surface area contributed by atoms with Crippen molar-refractivity contribution in [2.75, 3.05) is 13.2 Å². The number of aromatic nitrogens is 2. The predicted molar refractivity (Wildman–Crippen MR) is 63.3 cm³/mol. The van der Waals surface area contributed by atoms with Crippen LogP contribution < -0.4 is 5.32 Å². The Balaban J connectivity index is 1.67. The summed E-state index contributed by atoms with van der Waals surface area (Å²) in [4.78, 5) is 4.18. The van der Waals surface area contributed by atoms with Gasteiger partial charge in [0.15, 0.2) is 0 Å². The lowest BCUT2D eigenvalue weighted by atomic mass is 10.4. The zero-order chi connectivity index (χ0) is 11.4. The van der Waals surface area contributed by atoms with Crippen LogP contribution >= 0.6 is 0 Å². The van der Waals surface area contributed by atoms with Crippen molar-refractivity contribution in [1.29, 1.82) is 0 Å². The number of hydrogen-bond acceptors (Lipinski definition) is 3. The Bertz CT molecular complexity index is 318. The fourth-order valence-corrected chi connectivity index (χ4v) is 1.72. The average Bonchev–Trinajstić information content (AvgIpc) is 2.98. The van der Waals surface area contributed by atoms with Crippen LogP contribution in [0.5, 0.6) is 0 Å². The molecule has 0 aromatic carbocycles. The lowest BCUT2D eigenvalue weighted by molar-refractivity contribution is 0.116. The van der Waals surface area contributed by atoms with Gasteiger partial charge in [0.1, 0.15) is 0 Å². The summed E-state index contributed by atoms with van der Waals surface area (Å²) in [5.74, 6) is 0. The Morgan fingerprint density at radius 3 is 3.06 bits per heavy atom. The van der Waals surface area contributed by atoms with Crippen LogP contribution in [0.1, 0.15) is 38.4 Å². The molecule has 1 aromatic rings. The first-order valence-corrected chi connectivity index (χ1v) is 6.09. The molecule has 1 saturated carbocycles. The Morgan fingerprint density at radius 2 is 2.38 bits per heavy atom. The molecule has 1 aliphatic carbocycles. The van der Waals surface area contributed by atoms with E-state index in [1.165, 1.54) is 18.5 Å². The molecule has 4 heteroatoms. The lowest BCUT2D eigenvalue weighted by Crippen LogP contribution is -2.26. The minimum atomic E-state index is 0.528. The van der Waals surface area contributed by atoms with Gasteiger partial charge in [-0.2, -0.15) is 0 Å². The third-order valence-corrected chi connectivity index (χ3v) is 2.74. The SMILES string of the molecule is CC(C)NCCOCc1cncn1C1CC1. The largest absolute Gasteiger partial charge is 0.374 e. The van der Waals surface area contributed by atoms with E-state index in [0.29, 0.717) is 18.7 Å². The molecule has 1 fully saturated rings. The van der Waals surface area contributed by atoms with Gasteiger partial charge in [-0.05, 0) is 12.8 Å². The first kappa shape index (κ1) is 11.6. The maximum Gasteiger partial charge on any atom is 0.0951 e. The highest BCUT2D eigenvalue weighted by Crippen LogP contribution is 2.35. The molecule has 0 atom stereocenters. The van der Waals surface area contributed by atoms with Crippen molar-refractivity contribution >= 4 is 0 Å². The second-order valence-electron chi connectivity index (χ2n) is 4.68. The minimum absolute atomic E-state index is 0.528. The number of imidazole rings is 1. The van der Waals surface area contributed by atoms with Crippen molar-refractivity contribution in [3.05, 3.63) is 18.2 Å². The fourth-order valence-electron chi connectivity index (χ4n) is 1.72. The first-order chi connectivity index (χ1) is 7.77. The molecule has 1 aliphatic rings. The summed E-state index contributed by atoms with van der Waals surface area (Å²) in [6, 6.07) is 1.22. The topological polar surface area (TPSA) is 39.1 Å². The standard InChI is InChI=1S/C12H21N3O/c1-10(2)14-5-6-16-8-12-7-13-9-15(12)11-3-4-11/h7,9-11,14H,3-6,8H2,1-2H3. The highest BCUT2D eigenvalue weighted by Gasteiger charge is 2.24. The molecule has 0 radical (unpaired) electrons. The summed E-state index contributed by atoms with van der Waals surface area (Å²) in [7, 11) is 0. The minimum Gasteiger partial charge on any atom is -0.374 e. The third kappa shape index (κ3) is 3.32. The normalized spacial score (nSPS) is 15.9. The van der Waals surface area contributed by atoms with E-state index in [1.807, 2.05) is 12.5 Å². The van der Waals surface area contributed by atoms with Gasteiger partial charge in [-0.15, -0.1) is 0 Å². The third-order valence-electron chi connectivity index (χ3n) is 2.74. The molecule has 90 valence electrons. The van der Waals surface area contributed by atoms with Gasteiger partial charge in [0.2, 0.25) is 0 Å². The molecule has 0 spiro atoms. The van der Waals surface area contributed by atoms with E-state index in [1.54, 1.807) is 0 Å². The summed E-state index contributed by atoms with van der Waals surface area (Å²) in [5, 5.41) is 3.33. The highest BCUT2D eigenvalue weighted by atomic mass is 16.5. The predicted octanol–water partition coefficient (Wildman–Crippen LogP) is 1.73. The van der Waals surface area contributed by atoms with Crippen LogP contribution in [0.3, 0.4) is 0 Å². The quantitative estimate of drug-likeness (QED) is 0.716. The van der Waals surface area contributed by atoms with Crippen LogP contribution in [0, 0.1) is 0 Å². The second-order valence-corrected chi connectivity index (χ2v) is 4.68. The summed E-state index contributed by atoms with van der Waals surface area (Å²) in [6.07, 6.45) is 6.41. The van der Waals surface area contributed by atoms with Gasteiger partial charge in [-0.3, -0.25) is 0 Å². The fraction of sp³-hybridized carbons (Fsp3) is 0.750. The number of ether oxygens (including phenoxy) is 1. The molecule has 0 unspecified atom stereocenters. The van der Waals surface area contributed by atoms with Gasteiger partial charge in [0.05, 0.1) is 31.4 Å². The van der Waals surface area contributed by atoms with Gasteiger partial charge in [0, 0.05) is 18.6 Å². The summed E-state index contributed by atoms with van der Waals surface area (Å²) in [5.41, 5.74) is 1.20. The van der Waals surface area contributed by atoms with E-state index < -0.39 is 0 Å². The Morgan fingerprint density at radius 1 is 1.56 bits per heavy atom. The molecule has 0 amide bonds. The van der Waals surface area contributed by atoms with Crippen molar-refractivity contribution in [1.82, 2.24) is 14.9 Å². The average molecular weight is 223 g/mol. The van der Waals surface area contributed by atoms with Crippen molar-refractivity contribution in [2.24, 2.45) is 0 Å². The molecule has 1 aromatic heterocycles. The monoisotopic (exact) mass is 223 g/mol. The summed E-state index contributed by atoms with van der Waals surface area (Å²) in [6.45, 7) is 6.63. The first-order valence-electron chi connectivity index (χ1n) is 6.09. The Hall–Kier alpha value is -0.870. The maximum atomic E-state index is 5.62. The van der Waals surface area contributed by atoms with E-state index in [9.17, 15) is 0 Å². The van der Waals surface area contributed by atoms with Crippen molar-refractivity contribution < 1.29 is 4.74 Å². The van der Waals surface area contributed by atoms with Crippen molar-refractivity contribution in [3.63, 3.8) is 0 Å². The van der Waals surface area contributed by atoms with E-state index in [4.69, 9.17) is 4.74 Å². The number of nitrogens with zero attached hydrogens (tertiary/aromatic N) is 2. The maximum absolute atomic E-state index is 5.62. The number of hydrogen-bond donors (Lipinski definition) is 1. The van der Waals surface area contributed by atoms with E-state index >= 15 is 0 Å². The molecule has 1 N–H and O–H groups in total. The molecule has 0 aliphatic heterocycles. The molecular weight excluding hydrogens is 202 g/mol. The van der Waals surface area contributed by atoms with Crippen LogP contribution in [0.4, 0.5) is 0 Å². The van der Waals surface area contributed by atoms with E-state index in [0.717, 1.165) is 13.2 Å². The van der Waals surface area contributed by atoms with Crippen LogP contribution in [0.25, 0.3) is 0 Å². The molecule has 0 saturated heterocycles. The van der Waals surface area contributed by atoms with Gasteiger partial charge >= 0.3 is 0 Å². The number of nitrogens with one attached hydrogen (secondary N) is 1. The molecule has 16 heavy (non-hydrogen) atoms. The second kappa shape index (κ2) is 5.46. The summed E-state index contributed by atoms with van der Waals surface area (Å²) < 4.78 is 7.87. The smallest absolute Gasteiger partial charge is 0.0951 e. The summed E-state index contributed by atoms with van der Waals surface area (Å²) >= 11 is 0. The van der Waals surface area contributed by atoms with E-state index in [2.05, 4.69) is 28.7 Å². The Labute approximate surface area is 97.0 Å².